The lowest BCUT2D eigenvalue weighted by Crippen LogP contribution is -2.71. The first-order valence-corrected chi connectivity index (χ1v) is 25.4. The van der Waals surface area contributed by atoms with Crippen molar-refractivity contribution in [2.75, 3.05) is 19.8 Å². The van der Waals surface area contributed by atoms with E-state index in [0.29, 0.717) is 0 Å². The quantitative estimate of drug-likeness (QED) is 0.0919. The van der Waals surface area contributed by atoms with Gasteiger partial charge in [0.05, 0.1) is 19.8 Å². The van der Waals surface area contributed by atoms with Gasteiger partial charge in [-0.15, -0.1) is 30.8 Å². The maximum absolute atomic E-state index is 14.5. The Morgan fingerprint density at radius 3 is 1.04 bits per heavy atom. The maximum Gasteiger partial charge on any atom is 0.223 e. The maximum atomic E-state index is 14.5. The number of hydroxylamine groups is 6. The van der Waals surface area contributed by atoms with Gasteiger partial charge in [0.2, 0.25) is 17.7 Å². The third kappa shape index (κ3) is 12.2. The van der Waals surface area contributed by atoms with Gasteiger partial charge in [0.15, 0.2) is 18.9 Å². The van der Waals surface area contributed by atoms with Crippen LogP contribution in [0.3, 0.4) is 0 Å². The Bertz CT molecular complexity index is 1890. The third-order valence-corrected chi connectivity index (χ3v) is 16.0. The fourth-order valence-corrected chi connectivity index (χ4v) is 12.8. The molecule has 6 aliphatic heterocycles. The number of aliphatic hydroxyl groups excluding tert-OH is 8. The SMILES string of the molecule is CC1(C)CC(C(=O)NC2C(O)OC(CO)C(OC3OC(CO)C(OC4OC(CO)C(O)C(O)C4NC(=O)C4CC(C)(C)N([O])C(C)(C)C4)C(O)C3NC(=O)C3CC(C)(C)N([O])C(C)(C)C3)C2O)CC(C)(C)N1[O]. The third-order valence-electron chi connectivity index (χ3n) is 16.0. The van der Waals surface area contributed by atoms with Gasteiger partial charge in [-0.3, -0.25) is 14.4 Å². The highest BCUT2D eigenvalue weighted by Gasteiger charge is 2.58. The number of nitrogens with one attached hydrogen (secondary N) is 3. The van der Waals surface area contributed by atoms with Crippen LogP contribution in [-0.4, -0.2) is 219 Å². The molecule has 0 aliphatic carbocycles. The van der Waals surface area contributed by atoms with E-state index in [0.717, 1.165) is 15.2 Å². The molecule has 0 bridgehead atoms. The molecule has 6 heterocycles. The van der Waals surface area contributed by atoms with E-state index in [4.69, 9.17) is 23.7 Å². The number of carbonyl (C=O) groups is 3. The second-order valence-electron chi connectivity index (χ2n) is 25.0. The monoisotopic (exact) mass is 1050 g/mol. The van der Waals surface area contributed by atoms with E-state index in [1.165, 1.54) is 0 Å². The van der Waals surface area contributed by atoms with Crippen LogP contribution in [0.25, 0.3) is 0 Å². The number of ether oxygens (including phenoxy) is 5. The minimum Gasteiger partial charge on any atom is -0.394 e. The molecule has 419 valence electrons. The van der Waals surface area contributed by atoms with Crippen molar-refractivity contribution in [3.63, 3.8) is 0 Å². The largest absolute Gasteiger partial charge is 0.394 e. The van der Waals surface area contributed by atoms with Crippen molar-refractivity contribution in [3.8, 4) is 0 Å². The van der Waals surface area contributed by atoms with Crippen molar-refractivity contribution in [2.45, 2.75) is 247 Å². The van der Waals surface area contributed by atoms with Crippen LogP contribution in [0.1, 0.15) is 122 Å². The molecule has 0 saturated carbocycles. The number of piperidine rings is 3. The summed E-state index contributed by atoms with van der Waals surface area (Å²) in [4.78, 5) is 42.5. The lowest BCUT2D eigenvalue weighted by molar-refractivity contribution is -0.351. The summed E-state index contributed by atoms with van der Waals surface area (Å²) in [6.07, 6.45) is -20.5. The molecule has 3 radical (unpaired) electrons. The topological polar surface area (TPSA) is 365 Å². The van der Waals surface area contributed by atoms with Crippen LogP contribution in [0, 0.1) is 17.8 Å². The van der Waals surface area contributed by atoms with Crippen LogP contribution < -0.4 is 16.0 Å². The Labute approximate surface area is 426 Å². The van der Waals surface area contributed by atoms with Crippen molar-refractivity contribution in [2.24, 2.45) is 17.8 Å². The average Bonchev–Trinajstić information content (AvgIpc) is 3.29. The van der Waals surface area contributed by atoms with Crippen molar-refractivity contribution < 1.29 is 94.5 Å². The van der Waals surface area contributed by atoms with Gasteiger partial charge in [-0.1, -0.05) is 0 Å². The number of amides is 3. The van der Waals surface area contributed by atoms with Crippen LogP contribution >= 0.6 is 0 Å². The van der Waals surface area contributed by atoms with Gasteiger partial charge in [-0.2, -0.15) is 0 Å². The normalized spacial score (nSPS) is 40.4. The van der Waals surface area contributed by atoms with Gasteiger partial charge in [0.1, 0.15) is 73.1 Å². The summed E-state index contributed by atoms with van der Waals surface area (Å²) in [6.45, 7) is 17.6. The standard InChI is InChI=1S/C48H83N6O19/c1-43(2)13-22(14-44(3,4)52(43)66)37(62)49-28-33(60)35(26(20-56)69-40(28)65)72-42-30(51-39(64)24-17-47(9,10)54(68)48(11,12)18-24)34(61)36(27(21-57)71-42)73-41-29(32(59)31(58)25(19-55)70-41)50-38(63)23-15-45(5,6)53(67)46(7,8)16-23/h22-36,40-42,55-61,65H,13-21H2,1-12H3,(H,49,62)(H,50,63)(H,51,64). The van der Waals surface area contributed by atoms with E-state index in [2.05, 4.69) is 16.0 Å². The summed E-state index contributed by atoms with van der Waals surface area (Å²) in [6, 6.07) is -4.93. The highest BCUT2D eigenvalue weighted by atomic mass is 16.7. The molecule has 0 aromatic rings. The van der Waals surface area contributed by atoms with Crippen LogP contribution in [0.2, 0.25) is 0 Å². The molecule has 6 aliphatic rings. The Kier molecular flexibility index (Phi) is 17.9. The fraction of sp³-hybridized carbons (Fsp3) is 0.938. The van der Waals surface area contributed by atoms with Crippen LogP contribution in [-0.2, 0) is 53.7 Å². The van der Waals surface area contributed by atoms with E-state index in [9.17, 15) is 70.9 Å². The second-order valence-corrected chi connectivity index (χ2v) is 25.0. The molecule has 3 amide bonds. The van der Waals surface area contributed by atoms with Gasteiger partial charge >= 0.3 is 0 Å². The molecule has 6 saturated heterocycles. The molecule has 6 fully saturated rings. The van der Waals surface area contributed by atoms with E-state index < -0.39 is 180 Å². The fourth-order valence-electron chi connectivity index (χ4n) is 12.8. The van der Waals surface area contributed by atoms with E-state index in [-0.39, 0.29) is 38.5 Å². The molecule has 6 rings (SSSR count). The first kappa shape index (κ1) is 59.9. The molecular formula is C48H83N6O19. The zero-order valence-corrected chi connectivity index (χ0v) is 44.2. The smallest absolute Gasteiger partial charge is 0.223 e. The lowest BCUT2D eigenvalue weighted by Gasteiger charge is -2.51. The van der Waals surface area contributed by atoms with Crippen LogP contribution in [0.4, 0.5) is 0 Å². The van der Waals surface area contributed by atoms with Crippen molar-refractivity contribution in [3.05, 3.63) is 0 Å². The molecule has 11 N–H and O–H groups in total. The first-order chi connectivity index (χ1) is 33.5. The molecule has 0 spiro atoms. The Balaban J connectivity index is 1.31. The van der Waals surface area contributed by atoms with Gasteiger partial charge in [-0.05, 0) is 122 Å². The minimum atomic E-state index is -1.98. The van der Waals surface area contributed by atoms with Gasteiger partial charge in [0.25, 0.3) is 0 Å². The zero-order chi connectivity index (χ0) is 54.9. The Morgan fingerprint density at radius 1 is 0.438 bits per heavy atom. The summed E-state index contributed by atoms with van der Waals surface area (Å²) in [7, 11) is 0. The second kappa shape index (κ2) is 21.8. The highest BCUT2D eigenvalue weighted by molar-refractivity contribution is 5.80. The highest BCUT2D eigenvalue weighted by Crippen LogP contribution is 2.44. The number of hydrogen-bond donors (Lipinski definition) is 11. The number of carbonyl (C=O) groups excluding carboxylic acids is 3. The van der Waals surface area contributed by atoms with Crippen LogP contribution in [0.5, 0.6) is 0 Å². The summed E-state index contributed by atoms with van der Waals surface area (Å²) in [5.74, 6) is -4.31. The van der Waals surface area contributed by atoms with Gasteiger partial charge in [0, 0.05) is 51.0 Å². The number of nitrogens with zero attached hydrogens (tertiary/aromatic N) is 3. The molecule has 73 heavy (non-hydrogen) atoms. The van der Waals surface area contributed by atoms with Crippen LogP contribution in [0.15, 0.2) is 0 Å². The zero-order valence-electron chi connectivity index (χ0n) is 44.2. The average molecular weight is 1050 g/mol. The molecular weight excluding hydrogens is 965 g/mol. The Morgan fingerprint density at radius 2 is 0.712 bits per heavy atom. The minimum absolute atomic E-state index is 0.0612. The summed E-state index contributed by atoms with van der Waals surface area (Å²) in [5.41, 5.74) is -5.93. The Hall–Kier alpha value is -2.35. The van der Waals surface area contributed by atoms with E-state index in [1.54, 1.807) is 83.1 Å². The lowest BCUT2D eigenvalue weighted by atomic mass is 9.75. The number of rotatable bonds is 13. The first-order valence-electron chi connectivity index (χ1n) is 25.4. The van der Waals surface area contributed by atoms with Crippen molar-refractivity contribution >= 4 is 17.7 Å². The molecule has 15 atom stereocenters. The summed E-state index contributed by atoms with van der Waals surface area (Å²) in [5, 5.41) is 140. The van der Waals surface area contributed by atoms with Crippen molar-refractivity contribution in [1.82, 2.24) is 31.1 Å². The van der Waals surface area contributed by atoms with Gasteiger partial charge in [-0.25, -0.2) is 0 Å². The van der Waals surface area contributed by atoms with E-state index >= 15 is 0 Å². The predicted octanol–water partition coefficient (Wildman–Crippen LogP) is -2.36. The molecule has 25 heteroatoms. The van der Waals surface area contributed by atoms with E-state index in [1.807, 2.05) is 0 Å². The number of aliphatic hydroxyl groups is 8. The molecule has 15 unspecified atom stereocenters. The summed E-state index contributed by atoms with van der Waals surface area (Å²) < 4.78 is 30.5. The van der Waals surface area contributed by atoms with Gasteiger partial charge < -0.3 is 80.5 Å². The molecule has 25 nitrogen and oxygen atoms in total. The van der Waals surface area contributed by atoms with Crippen molar-refractivity contribution in [1.29, 1.82) is 0 Å². The molecule has 0 aromatic heterocycles. The molecule has 0 aromatic carbocycles. The number of hydrogen-bond acceptors (Lipinski definition) is 19. The predicted molar refractivity (Wildman–Crippen MR) is 249 cm³/mol. The summed E-state index contributed by atoms with van der Waals surface area (Å²) >= 11 is 0.